The summed E-state index contributed by atoms with van der Waals surface area (Å²) in [5.41, 5.74) is 6.40. The van der Waals surface area contributed by atoms with Crippen LogP contribution in [0.1, 0.15) is 95.9 Å². The maximum atomic E-state index is 5.86. The molecule has 0 radical (unpaired) electrons. The van der Waals surface area contributed by atoms with Crippen molar-refractivity contribution in [2.45, 2.75) is 91.4 Å². The van der Waals surface area contributed by atoms with Crippen molar-refractivity contribution in [1.29, 1.82) is 0 Å². The molecule has 3 heterocycles. The van der Waals surface area contributed by atoms with E-state index in [4.69, 9.17) is 9.73 Å². The number of H-pyrrole nitrogens is 2. The van der Waals surface area contributed by atoms with Crippen molar-refractivity contribution in [3.8, 4) is 17.1 Å². The van der Waals surface area contributed by atoms with Crippen LogP contribution in [0.15, 0.2) is 41.0 Å². The van der Waals surface area contributed by atoms with Gasteiger partial charge in [-0.05, 0) is 57.0 Å². The van der Waals surface area contributed by atoms with Gasteiger partial charge in [-0.2, -0.15) is 0 Å². The third-order valence-electron chi connectivity index (χ3n) is 6.03. The first-order valence-corrected chi connectivity index (χ1v) is 12.7. The number of nitrogens with zero attached hydrogens (tertiary/aromatic N) is 1. The predicted molar refractivity (Wildman–Crippen MR) is 137 cm³/mol. The first-order chi connectivity index (χ1) is 15.7. The Hall–Kier alpha value is -2.49. The van der Waals surface area contributed by atoms with Gasteiger partial charge in [0.05, 0.1) is 29.4 Å². The lowest BCUT2D eigenvalue weighted by atomic mass is 10.0. The van der Waals surface area contributed by atoms with E-state index >= 15 is 0 Å². The third kappa shape index (κ3) is 7.58. The first kappa shape index (κ1) is 24.2. The third-order valence-corrected chi connectivity index (χ3v) is 6.03. The Morgan fingerprint density at radius 2 is 1.56 bits per heavy atom. The minimum absolute atomic E-state index is 0.639. The molecule has 0 aliphatic carbocycles. The highest BCUT2D eigenvalue weighted by atomic mass is 16.5. The number of nitrogens with one attached hydrogen (secondary N) is 2. The molecule has 0 aromatic carbocycles. The molecule has 1 aliphatic heterocycles. The van der Waals surface area contributed by atoms with Crippen LogP contribution < -0.4 is 4.74 Å². The van der Waals surface area contributed by atoms with Gasteiger partial charge in [0.1, 0.15) is 5.75 Å². The molecular formula is C28H41N3O. The van der Waals surface area contributed by atoms with Gasteiger partial charge in [0.15, 0.2) is 0 Å². The second-order valence-corrected chi connectivity index (χ2v) is 8.89. The average molecular weight is 436 g/mol. The molecule has 4 heteroatoms. The van der Waals surface area contributed by atoms with E-state index in [-0.39, 0.29) is 0 Å². The van der Waals surface area contributed by atoms with E-state index in [9.17, 15) is 0 Å². The van der Waals surface area contributed by atoms with Gasteiger partial charge in [-0.1, -0.05) is 64.7 Å². The number of unbranched alkanes of at least 4 members (excludes halogenated alkanes) is 9. The Bertz CT molecular complexity index is 913. The summed E-state index contributed by atoms with van der Waals surface area (Å²) in [6.07, 6.45) is 21.1. The quantitative estimate of drug-likeness (QED) is 0.271. The molecule has 0 unspecified atom stereocenters. The normalized spacial score (nSPS) is 14.5. The maximum Gasteiger partial charge on any atom is 0.144 e. The largest absolute Gasteiger partial charge is 0.492 e. The van der Waals surface area contributed by atoms with E-state index < -0.39 is 0 Å². The number of aromatic amines is 2. The molecule has 0 saturated carbocycles. The minimum Gasteiger partial charge on any atom is -0.492 e. The van der Waals surface area contributed by atoms with Gasteiger partial charge in [0.25, 0.3) is 0 Å². The lowest BCUT2D eigenvalue weighted by Gasteiger charge is -2.02. The molecule has 2 N–H and O–H groups in total. The van der Waals surface area contributed by atoms with Crippen molar-refractivity contribution in [3.63, 3.8) is 0 Å². The van der Waals surface area contributed by atoms with Gasteiger partial charge in [-0.3, -0.25) is 4.99 Å². The maximum absolute atomic E-state index is 5.86. The van der Waals surface area contributed by atoms with E-state index in [2.05, 4.69) is 60.2 Å². The SMILES string of the molecule is CCCCCCCCCCCCC1=NC(=Cc2[nH]c(-c3ccc(C)[nH]3)cc2OCC)C=C1. The highest BCUT2D eigenvalue weighted by molar-refractivity contribution is 5.99. The molecule has 0 saturated heterocycles. The van der Waals surface area contributed by atoms with E-state index in [1.54, 1.807) is 0 Å². The number of aryl methyl sites for hydroxylation is 1. The summed E-state index contributed by atoms with van der Waals surface area (Å²) < 4.78 is 5.86. The summed E-state index contributed by atoms with van der Waals surface area (Å²) in [5.74, 6) is 0.869. The van der Waals surface area contributed by atoms with Crippen LogP contribution in [0.2, 0.25) is 0 Å². The highest BCUT2D eigenvalue weighted by Gasteiger charge is 2.12. The molecule has 3 rings (SSSR count). The second-order valence-electron chi connectivity index (χ2n) is 8.89. The number of allylic oxidation sites excluding steroid dienone is 2. The lowest BCUT2D eigenvalue weighted by molar-refractivity contribution is 0.340. The molecule has 1 aliphatic rings. The molecule has 32 heavy (non-hydrogen) atoms. The number of hydrogen-bond acceptors (Lipinski definition) is 2. The van der Waals surface area contributed by atoms with Crippen LogP contribution in [0, 0.1) is 6.92 Å². The Labute approximate surface area is 194 Å². The molecule has 174 valence electrons. The number of ether oxygens (including phenoxy) is 1. The van der Waals surface area contributed by atoms with Crippen molar-refractivity contribution in [3.05, 3.63) is 47.4 Å². The van der Waals surface area contributed by atoms with Crippen LogP contribution in [0.3, 0.4) is 0 Å². The Morgan fingerprint density at radius 1 is 0.844 bits per heavy atom. The van der Waals surface area contributed by atoms with E-state index in [0.29, 0.717) is 6.61 Å². The van der Waals surface area contributed by atoms with Gasteiger partial charge in [-0.25, -0.2) is 0 Å². The van der Waals surface area contributed by atoms with Gasteiger partial charge in [0.2, 0.25) is 0 Å². The Kier molecular flexibility index (Phi) is 9.93. The highest BCUT2D eigenvalue weighted by Crippen LogP contribution is 2.30. The molecule has 4 nitrogen and oxygen atoms in total. The first-order valence-electron chi connectivity index (χ1n) is 12.7. The number of aliphatic imine (C=N–C) groups is 1. The summed E-state index contributed by atoms with van der Waals surface area (Å²) in [6, 6.07) is 6.23. The minimum atomic E-state index is 0.639. The van der Waals surface area contributed by atoms with E-state index in [1.165, 1.54) is 69.9 Å². The molecule has 0 bridgehead atoms. The van der Waals surface area contributed by atoms with Crippen LogP contribution in [0.5, 0.6) is 5.75 Å². The molecule has 0 amide bonds. The topological polar surface area (TPSA) is 53.2 Å². The molecule has 0 atom stereocenters. The van der Waals surface area contributed by atoms with Gasteiger partial charge in [-0.15, -0.1) is 0 Å². The van der Waals surface area contributed by atoms with Crippen LogP contribution >= 0.6 is 0 Å². The van der Waals surface area contributed by atoms with Crippen LogP contribution in [-0.4, -0.2) is 22.3 Å². The van der Waals surface area contributed by atoms with Gasteiger partial charge in [0, 0.05) is 17.5 Å². The number of rotatable bonds is 15. The van der Waals surface area contributed by atoms with Crippen molar-refractivity contribution < 1.29 is 4.74 Å². The monoisotopic (exact) mass is 435 g/mol. The molecule has 0 fully saturated rings. The fourth-order valence-electron chi connectivity index (χ4n) is 4.22. The van der Waals surface area contributed by atoms with E-state index in [1.807, 2.05) is 6.92 Å². The summed E-state index contributed by atoms with van der Waals surface area (Å²) in [4.78, 5) is 11.7. The van der Waals surface area contributed by atoms with E-state index in [0.717, 1.165) is 40.6 Å². The van der Waals surface area contributed by atoms with Crippen molar-refractivity contribution in [2.75, 3.05) is 6.61 Å². The summed E-state index contributed by atoms with van der Waals surface area (Å²) >= 11 is 0. The Morgan fingerprint density at radius 3 is 2.22 bits per heavy atom. The van der Waals surface area contributed by atoms with Crippen LogP contribution in [0.25, 0.3) is 17.5 Å². The van der Waals surface area contributed by atoms with Crippen molar-refractivity contribution in [2.24, 2.45) is 4.99 Å². The Balaban J connectivity index is 1.46. The fourth-order valence-corrected chi connectivity index (χ4v) is 4.22. The molecule has 0 spiro atoms. The predicted octanol–water partition coefficient (Wildman–Crippen LogP) is 8.38. The molecule has 2 aromatic rings. The zero-order chi connectivity index (χ0) is 22.6. The number of aromatic nitrogens is 2. The van der Waals surface area contributed by atoms with Gasteiger partial charge >= 0.3 is 0 Å². The smallest absolute Gasteiger partial charge is 0.144 e. The van der Waals surface area contributed by atoms with Crippen molar-refractivity contribution >= 4 is 11.8 Å². The number of hydrogen-bond donors (Lipinski definition) is 2. The zero-order valence-corrected chi connectivity index (χ0v) is 20.3. The van der Waals surface area contributed by atoms with Crippen molar-refractivity contribution in [1.82, 2.24) is 9.97 Å². The summed E-state index contributed by atoms with van der Waals surface area (Å²) in [6.45, 7) is 7.00. The summed E-state index contributed by atoms with van der Waals surface area (Å²) in [5, 5.41) is 0. The molecule has 2 aromatic heterocycles. The zero-order valence-electron chi connectivity index (χ0n) is 20.3. The standard InChI is InChI=1S/C28H41N3O/c1-4-6-7-8-9-10-11-12-13-14-15-23-17-18-24(30-23)20-27-28(32-5-2)21-26(31-27)25-19-16-22(3)29-25/h16-21,29,31H,4-15H2,1-3H3. The lowest BCUT2D eigenvalue weighted by Crippen LogP contribution is -1.92. The van der Waals surface area contributed by atoms with Gasteiger partial charge < -0.3 is 14.7 Å². The van der Waals surface area contributed by atoms with Crippen LogP contribution in [0.4, 0.5) is 0 Å². The summed E-state index contributed by atoms with van der Waals surface area (Å²) in [7, 11) is 0. The van der Waals surface area contributed by atoms with Crippen LogP contribution in [-0.2, 0) is 0 Å². The average Bonchev–Trinajstić information content (AvgIpc) is 3.51. The molecular weight excluding hydrogens is 394 g/mol. The fraction of sp³-hybridized carbons (Fsp3) is 0.536. The second kappa shape index (κ2) is 13.1.